The molecule has 22 atom stereocenters. The molecule has 82 heteroatoms. The number of ether oxygens (including phenoxy) is 4. The van der Waals surface area contributed by atoms with E-state index < -0.39 is 198 Å². The van der Waals surface area contributed by atoms with E-state index >= 15 is 0 Å². The molecule has 8 aromatic heterocycles. The molecule has 12 heterocycles. The fraction of sp³-hybridized carbons (Fsp3) is 0.524. The van der Waals surface area contributed by atoms with Crippen molar-refractivity contribution in [2.75, 3.05) is 62.5 Å². The van der Waals surface area contributed by atoms with Gasteiger partial charge in [-0.3, -0.25) is 36.4 Å². The summed E-state index contributed by atoms with van der Waals surface area (Å²) in [6, 6.07) is 0. The summed E-state index contributed by atoms with van der Waals surface area (Å²) in [6.45, 7) is -2.83. The van der Waals surface area contributed by atoms with Gasteiger partial charge in [0.05, 0.1) is 81.4 Å². The Balaban J connectivity index is 0.000000187. The molecule has 124 heavy (non-hydrogen) atoms. The summed E-state index contributed by atoms with van der Waals surface area (Å²) in [7, 11) is -65.8. The normalized spacial score (nSPS) is 27.2. The lowest BCUT2D eigenvalue weighted by molar-refractivity contribution is -0.0486. The van der Waals surface area contributed by atoms with E-state index in [2.05, 4.69) is 138 Å². The Hall–Kier alpha value is -4.58. The van der Waals surface area contributed by atoms with E-state index in [9.17, 15) is 94.4 Å². The van der Waals surface area contributed by atoms with Gasteiger partial charge < -0.3 is 142 Å². The maximum atomic E-state index is 11.9. The number of hydrogen-bond acceptors (Lipinski definition) is 50. The second-order valence-electron chi connectivity index (χ2n) is 24.7. The highest BCUT2D eigenvalue weighted by atomic mass is 32.1. The third-order valence-electron chi connectivity index (χ3n) is 16.0. The second-order valence-corrected chi connectivity index (χ2v) is 43.6. The molecule has 0 bridgehead atoms. The van der Waals surface area contributed by atoms with Gasteiger partial charge in [0.1, 0.15) is 72.0 Å². The van der Waals surface area contributed by atoms with Crippen molar-refractivity contribution in [2.45, 2.75) is 84.9 Å². The van der Waals surface area contributed by atoms with Crippen molar-refractivity contribution in [3.63, 3.8) is 0 Å². The molecule has 0 aliphatic carbocycles. The van der Waals surface area contributed by atoms with Crippen molar-refractivity contribution in [3.8, 4) is 0 Å². The summed E-state index contributed by atoms with van der Waals surface area (Å²) in [6.07, 6.45) is 0.843. The van der Waals surface area contributed by atoms with E-state index in [4.69, 9.17) is 102 Å². The number of aliphatic hydroxyl groups excluding tert-OH is 2. The molecule has 30 N–H and O–H groups in total. The molecule has 4 fully saturated rings. The smallest absolute Gasteiger partial charge is 0.388 e. The van der Waals surface area contributed by atoms with Crippen LogP contribution in [0.5, 0.6) is 0 Å². The minimum absolute atomic E-state index is 0.0841. The highest BCUT2D eigenvalue weighted by Gasteiger charge is 2.51. The van der Waals surface area contributed by atoms with E-state index in [1.54, 1.807) is 9.13 Å². The minimum atomic E-state index is -5.67. The number of nitrogens with zero attached hydrogens (tertiary/aromatic N) is 16. The summed E-state index contributed by atoms with van der Waals surface area (Å²) in [4.78, 5) is 191. The van der Waals surface area contributed by atoms with E-state index in [0.29, 0.717) is 35.2 Å². The highest BCUT2D eigenvalue weighted by Crippen LogP contribution is 2.70. The van der Waals surface area contributed by atoms with Crippen LogP contribution in [0.3, 0.4) is 0 Å². The van der Waals surface area contributed by atoms with Crippen LogP contribution in [0.15, 0.2) is 50.6 Å². The summed E-state index contributed by atoms with van der Waals surface area (Å²) < 4.78 is 212. The predicted octanol–water partition coefficient (Wildman–Crippen LogP) is -2.15. The number of thiol groups is 2. The fourth-order valence-electron chi connectivity index (χ4n) is 11.1. The zero-order chi connectivity index (χ0) is 92.4. The topological polar surface area (TPSA) is 1050 Å². The van der Waals surface area contributed by atoms with Crippen molar-refractivity contribution >= 4 is 187 Å². The molecule has 8 aromatic rings. The first-order valence-corrected chi connectivity index (χ1v) is 51.7. The van der Waals surface area contributed by atoms with Gasteiger partial charge in [0.15, 0.2) is 58.3 Å². The summed E-state index contributed by atoms with van der Waals surface area (Å²) >= 11 is 8.49. The van der Waals surface area contributed by atoms with Crippen LogP contribution in [0.1, 0.15) is 37.8 Å². The van der Waals surface area contributed by atoms with Crippen molar-refractivity contribution in [1.29, 1.82) is 0 Å². The van der Waals surface area contributed by atoms with Gasteiger partial charge in [0.25, 0.3) is 0 Å². The largest absolute Gasteiger partial charge is 0.490 e. The Bertz CT molecular complexity index is 5700. The Morgan fingerprint density at radius 1 is 0.347 bits per heavy atom. The van der Waals surface area contributed by atoms with Gasteiger partial charge in [0.2, 0.25) is 0 Å². The molecule has 68 nitrogen and oxygen atoms in total. The monoisotopic (exact) mass is 2050 g/mol. The number of nitrogens with two attached hydrogens (primary N) is 6. The van der Waals surface area contributed by atoms with Crippen LogP contribution in [0.4, 0.5) is 23.3 Å². The van der Waals surface area contributed by atoms with Crippen LogP contribution in [0.2, 0.25) is 0 Å². The Labute approximate surface area is 698 Å². The van der Waals surface area contributed by atoms with Gasteiger partial charge in [-0.05, 0) is 13.0 Å². The predicted molar refractivity (Wildman–Crippen MR) is 406 cm³/mol. The van der Waals surface area contributed by atoms with E-state index in [-0.39, 0.29) is 64.6 Å². The van der Waals surface area contributed by atoms with E-state index in [1.807, 2.05) is 0 Å². The van der Waals surface area contributed by atoms with E-state index in [0.717, 1.165) is 0 Å². The van der Waals surface area contributed by atoms with Gasteiger partial charge in [-0.25, -0.2) is 115 Å². The standard InChI is InChI=1S/C11H19N6O12P3.C11H19N6O11P3.C10H16N5O12P3S.C10H16N5O11P3S/c12-1-5-6(2-26-31(22,23)29-32(24,25)28-30(19,20)21)27-11(8(5)18)17-4-16-7-9(13)14-3-15-10(7)17;12-2-6-1-8(17-5-16-9-10(13)14-4-15-11(9)17)26-7(6)3-25-30(21,22)28-31(23,24)27-29(18,19)20;11-8-5-9(13-2-12-8)15(3-14-5)10-6(16)7(31)4(25-10)1-24-29(20,21)27-30(22,23)26-28(17,18)19;11-9-8-10(13-3-12-9)15(4-14-8)7-1-6(30)5(24-7)2-23-28(19,20)26-29(21,22)25-27(16,17)18/h3-6,8,11,18H,1-2,12H2,(H,22,23)(H,24,25)(H2,13,14,15)(H2,19,20,21);4-8H,1-3,12H2,(H,21,22)(H,23,24)(H2,13,14,15)(H2,18,19,20);2-4,6-7,10,16,31H,1H2,(H,20,21)(H,22,23)(H2,11,12,13)(H2,17,18,19);3-7,30H,1-2H2,(H,19,20)(H,21,22)(H2,11,12,13)(H2,16,17,18). The van der Waals surface area contributed by atoms with Gasteiger partial charge in [0, 0.05) is 30.1 Å². The molecular weight excluding hydrogens is 1980 g/mol. The molecule has 4 aliphatic rings. The van der Waals surface area contributed by atoms with Crippen molar-refractivity contribution in [1.82, 2.24) is 78.1 Å². The average Bonchev–Trinajstić information content (AvgIpc) is 1.60. The lowest BCUT2D eigenvalue weighted by Crippen LogP contribution is -2.34. The number of rotatable bonds is 34. The zero-order valence-corrected chi connectivity index (χ0v) is 73.2. The molecule has 4 aliphatic heterocycles. The van der Waals surface area contributed by atoms with Gasteiger partial charge in [-0.15, -0.1) is 0 Å². The first kappa shape index (κ1) is 103. The van der Waals surface area contributed by atoms with Crippen LogP contribution in [-0.2, 0) is 126 Å². The molecule has 0 spiro atoms. The molecule has 0 amide bonds. The Kier molecular flexibility index (Phi) is 33.5. The number of imidazole rings is 4. The molecule has 12 rings (SSSR count). The van der Waals surface area contributed by atoms with Gasteiger partial charge in [-0.2, -0.15) is 59.7 Å². The van der Waals surface area contributed by atoms with Crippen LogP contribution in [0, 0.1) is 11.8 Å². The summed E-state index contributed by atoms with van der Waals surface area (Å²) in [5.41, 5.74) is 36.7. The number of nitrogen functional groups attached to an aromatic ring is 4. The van der Waals surface area contributed by atoms with Crippen LogP contribution >= 0.6 is 119 Å². The maximum Gasteiger partial charge on any atom is 0.490 e. The molecule has 22 unspecified atom stereocenters. The maximum absolute atomic E-state index is 11.9. The van der Waals surface area contributed by atoms with Crippen LogP contribution in [0.25, 0.3) is 44.7 Å². The SMILES string of the molecule is NCC1C(COP(=O)(O)OP(=O)(O)OP(=O)(O)O)OC(n2cnc3c(N)ncnc32)C1O.NCC1CC(n2cnc3c(N)ncnc32)OC1COP(=O)(O)OP(=O)(O)OP(=O)(O)O.Nc1ncnc2c1ncn2C1CC(S)C(COP(=O)(O)OP(=O)(O)OP(=O)(O)O)O1.Nc1ncnc2c1ncn2C1OC(COP(=O)(O)OP(=O)(O)OP(=O)(O)O)C(S)C1O. The molecule has 696 valence electrons. The molecule has 0 radical (unpaired) electrons. The second kappa shape index (κ2) is 40.2. The summed E-state index contributed by atoms with van der Waals surface area (Å²) in [5, 5.41) is 19.6. The first-order chi connectivity index (χ1) is 57.0. The van der Waals surface area contributed by atoms with Crippen LogP contribution < -0.4 is 34.4 Å². The minimum Gasteiger partial charge on any atom is -0.388 e. The Morgan fingerprint density at radius 3 is 0.960 bits per heavy atom. The number of anilines is 4. The third-order valence-corrected chi connectivity index (χ3v) is 32.4. The number of phosphoric acid groups is 12. The van der Waals surface area contributed by atoms with Crippen molar-refractivity contribution in [3.05, 3.63) is 50.6 Å². The number of aromatic nitrogens is 16. The number of hydrogen-bond donors (Lipinski definition) is 26. The highest BCUT2D eigenvalue weighted by molar-refractivity contribution is 7.81. The third kappa shape index (κ3) is 28.7. The molecule has 4 saturated heterocycles. The number of phosphoric ester groups is 4. The first-order valence-electron chi connectivity index (χ1n) is 32.6. The van der Waals surface area contributed by atoms with Gasteiger partial charge >= 0.3 is 93.9 Å². The quantitative estimate of drug-likeness (QED) is 0.0151. The molecule has 0 aromatic carbocycles. The lowest BCUT2D eigenvalue weighted by atomic mass is 9.99. The molecular formula is C42H70N22O46P12S2. The number of aliphatic hydroxyl groups is 2. The fourth-order valence-corrected chi connectivity index (χ4v) is 23.9. The average molecular weight is 2050 g/mol. The Morgan fingerprint density at radius 2 is 0.629 bits per heavy atom. The van der Waals surface area contributed by atoms with Crippen molar-refractivity contribution < 1.29 is 215 Å². The van der Waals surface area contributed by atoms with Crippen molar-refractivity contribution in [2.24, 2.45) is 23.3 Å². The van der Waals surface area contributed by atoms with E-state index in [1.165, 1.54) is 59.8 Å². The van der Waals surface area contributed by atoms with Gasteiger partial charge in [-0.1, -0.05) is 0 Å². The number of fused-ring (bicyclic) bond motifs is 4. The lowest BCUT2D eigenvalue weighted by Gasteiger charge is -2.20. The summed E-state index contributed by atoms with van der Waals surface area (Å²) in [5.74, 6) is -0.703. The zero-order valence-electron chi connectivity index (χ0n) is 60.7. The van der Waals surface area contributed by atoms with Crippen LogP contribution in [-0.4, -0.2) is 253 Å². The molecule has 0 saturated carbocycles.